The number of hydrogen-bond acceptors (Lipinski definition) is 6. The number of benzene rings is 1. The van der Waals surface area contributed by atoms with Crippen molar-refractivity contribution < 1.29 is 19.1 Å². The summed E-state index contributed by atoms with van der Waals surface area (Å²) in [5.41, 5.74) is 5.13. The van der Waals surface area contributed by atoms with Crippen LogP contribution in [0.1, 0.15) is 67.7 Å². The Bertz CT molecular complexity index is 1160. The molecule has 0 radical (unpaired) electrons. The lowest BCUT2D eigenvalue weighted by Gasteiger charge is -2.12. The van der Waals surface area contributed by atoms with Gasteiger partial charge in [0.2, 0.25) is 5.78 Å². The molecule has 29 heavy (non-hydrogen) atoms. The van der Waals surface area contributed by atoms with Gasteiger partial charge in [-0.1, -0.05) is 0 Å². The minimum Gasteiger partial charge on any atom is -0.451 e. The fourth-order valence-corrected chi connectivity index (χ4v) is 3.37. The van der Waals surface area contributed by atoms with E-state index in [4.69, 9.17) is 4.74 Å². The predicted molar refractivity (Wildman–Crippen MR) is 108 cm³/mol. The molecule has 0 aliphatic carbocycles. The van der Waals surface area contributed by atoms with E-state index >= 15 is 0 Å². The maximum absolute atomic E-state index is 12.8. The Kier molecular flexibility index (Phi) is 5.33. The highest BCUT2D eigenvalue weighted by Crippen LogP contribution is 2.21. The van der Waals surface area contributed by atoms with Gasteiger partial charge in [0.05, 0.1) is 33.7 Å². The number of aryl methyl sites for hydroxylation is 3. The Balaban J connectivity index is 1.82. The number of ether oxygens (including phenoxy) is 1. The SMILES string of the molecule is CC(=O)c1c(C)[nH]c(C(=O)[C@@H](C)OC(=O)c2ccc3nc(C)c(C)nc3c2)c1C. The maximum atomic E-state index is 12.8. The lowest BCUT2D eigenvalue weighted by atomic mass is 10.0. The van der Waals surface area contributed by atoms with Gasteiger partial charge in [-0.2, -0.15) is 0 Å². The average Bonchev–Trinajstić information content (AvgIpc) is 2.95. The van der Waals surface area contributed by atoms with Gasteiger partial charge in [-0.3, -0.25) is 9.59 Å². The Morgan fingerprint density at radius 3 is 2.21 bits per heavy atom. The number of carbonyl (C=O) groups excluding carboxylic acids is 3. The fourth-order valence-electron chi connectivity index (χ4n) is 3.37. The molecule has 2 aromatic heterocycles. The van der Waals surface area contributed by atoms with Crippen LogP contribution in [0.3, 0.4) is 0 Å². The monoisotopic (exact) mass is 393 g/mol. The number of ketones is 2. The van der Waals surface area contributed by atoms with Crippen molar-refractivity contribution in [3.05, 3.63) is 57.7 Å². The third kappa shape index (κ3) is 3.81. The van der Waals surface area contributed by atoms with Crippen LogP contribution < -0.4 is 0 Å². The number of fused-ring (bicyclic) bond motifs is 1. The van der Waals surface area contributed by atoms with E-state index in [1.165, 1.54) is 13.8 Å². The largest absolute Gasteiger partial charge is 0.451 e. The van der Waals surface area contributed by atoms with E-state index in [1.807, 2.05) is 13.8 Å². The molecule has 0 aliphatic rings. The normalized spacial score (nSPS) is 12.1. The molecule has 7 nitrogen and oxygen atoms in total. The zero-order valence-corrected chi connectivity index (χ0v) is 17.3. The van der Waals surface area contributed by atoms with Crippen LogP contribution in [0.4, 0.5) is 0 Å². The number of aromatic amines is 1. The Labute approximate surface area is 168 Å². The molecule has 3 aromatic rings. The molecule has 3 rings (SSSR count). The van der Waals surface area contributed by atoms with Gasteiger partial charge in [0, 0.05) is 11.3 Å². The zero-order chi connectivity index (χ0) is 21.5. The molecular weight excluding hydrogens is 370 g/mol. The molecule has 1 N–H and O–H groups in total. The van der Waals surface area contributed by atoms with Crippen molar-refractivity contribution >= 4 is 28.6 Å². The first-order valence-corrected chi connectivity index (χ1v) is 9.30. The van der Waals surface area contributed by atoms with Crippen molar-refractivity contribution in [3.8, 4) is 0 Å². The number of hydrogen-bond donors (Lipinski definition) is 1. The number of nitrogens with one attached hydrogen (secondary N) is 1. The first-order chi connectivity index (χ1) is 13.6. The third-order valence-electron chi connectivity index (χ3n) is 5.00. The number of Topliss-reactive ketones (excluding diaryl/α,β-unsaturated/α-hetero) is 2. The van der Waals surface area contributed by atoms with Gasteiger partial charge in [-0.15, -0.1) is 0 Å². The summed E-state index contributed by atoms with van der Waals surface area (Å²) in [6.45, 7) is 10.1. The standard InChI is InChI=1S/C22H23N3O4/c1-10-19(14(5)26)13(4)25-20(10)21(27)15(6)29-22(28)16-7-8-17-18(9-16)24-12(3)11(2)23-17/h7-9,15,25H,1-6H3/t15-/m1/s1. The summed E-state index contributed by atoms with van der Waals surface area (Å²) < 4.78 is 5.38. The molecule has 0 amide bonds. The molecule has 0 fully saturated rings. The molecule has 1 aromatic carbocycles. The number of H-pyrrole nitrogens is 1. The molecule has 0 aliphatic heterocycles. The van der Waals surface area contributed by atoms with Crippen LogP contribution in [0.25, 0.3) is 11.0 Å². The van der Waals surface area contributed by atoms with Gasteiger partial charge >= 0.3 is 5.97 Å². The van der Waals surface area contributed by atoms with E-state index in [0.717, 1.165) is 11.4 Å². The van der Waals surface area contributed by atoms with Crippen LogP contribution in [0.15, 0.2) is 18.2 Å². The summed E-state index contributed by atoms with van der Waals surface area (Å²) >= 11 is 0. The van der Waals surface area contributed by atoms with Crippen molar-refractivity contribution in [2.75, 3.05) is 0 Å². The number of rotatable bonds is 5. The first kappa shape index (κ1) is 20.4. The van der Waals surface area contributed by atoms with Crippen LogP contribution in [0, 0.1) is 27.7 Å². The molecule has 0 bridgehead atoms. The second-order valence-corrected chi connectivity index (χ2v) is 7.19. The van der Waals surface area contributed by atoms with Crippen molar-refractivity contribution in [1.29, 1.82) is 0 Å². The van der Waals surface area contributed by atoms with E-state index in [2.05, 4.69) is 15.0 Å². The van der Waals surface area contributed by atoms with Gasteiger partial charge in [0.15, 0.2) is 11.9 Å². The highest BCUT2D eigenvalue weighted by Gasteiger charge is 2.26. The molecule has 150 valence electrons. The second kappa shape index (κ2) is 7.58. The third-order valence-corrected chi connectivity index (χ3v) is 5.00. The molecule has 7 heteroatoms. The molecular formula is C22H23N3O4. The summed E-state index contributed by atoms with van der Waals surface area (Å²) in [5, 5.41) is 0. The minimum atomic E-state index is -1.01. The molecule has 0 spiro atoms. The van der Waals surface area contributed by atoms with Gasteiger partial charge in [0.25, 0.3) is 0 Å². The summed E-state index contributed by atoms with van der Waals surface area (Å²) in [6.07, 6.45) is -1.01. The highest BCUT2D eigenvalue weighted by molar-refractivity contribution is 6.05. The van der Waals surface area contributed by atoms with Crippen LogP contribution in [0.2, 0.25) is 0 Å². The number of esters is 1. The number of aromatic nitrogens is 3. The van der Waals surface area contributed by atoms with E-state index < -0.39 is 17.9 Å². The fraction of sp³-hybridized carbons (Fsp3) is 0.318. The molecule has 0 unspecified atom stereocenters. The van der Waals surface area contributed by atoms with Gasteiger partial charge in [-0.25, -0.2) is 14.8 Å². The Morgan fingerprint density at radius 1 is 1.00 bits per heavy atom. The number of carbonyl (C=O) groups is 3. The van der Waals surface area contributed by atoms with E-state index in [1.54, 1.807) is 32.0 Å². The smallest absolute Gasteiger partial charge is 0.338 e. The van der Waals surface area contributed by atoms with Crippen molar-refractivity contribution in [2.45, 2.75) is 47.6 Å². The van der Waals surface area contributed by atoms with Gasteiger partial charge in [0.1, 0.15) is 0 Å². The van der Waals surface area contributed by atoms with E-state index in [0.29, 0.717) is 33.4 Å². The minimum absolute atomic E-state index is 0.122. The molecule has 1 atom stereocenters. The van der Waals surface area contributed by atoms with Gasteiger partial charge in [-0.05, 0) is 65.3 Å². The Morgan fingerprint density at radius 2 is 1.62 bits per heavy atom. The van der Waals surface area contributed by atoms with Crippen molar-refractivity contribution in [1.82, 2.24) is 15.0 Å². The molecule has 0 saturated carbocycles. The van der Waals surface area contributed by atoms with Crippen LogP contribution >= 0.6 is 0 Å². The van der Waals surface area contributed by atoms with Crippen LogP contribution in [-0.4, -0.2) is 38.6 Å². The molecule has 2 heterocycles. The lowest BCUT2D eigenvalue weighted by Crippen LogP contribution is -2.25. The van der Waals surface area contributed by atoms with Crippen molar-refractivity contribution in [2.24, 2.45) is 0 Å². The molecule has 0 saturated heterocycles. The van der Waals surface area contributed by atoms with Crippen LogP contribution in [-0.2, 0) is 4.74 Å². The van der Waals surface area contributed by atoms with Crippen LogP contribution in [0.5, 0.6) is 0 Å². The second-order valence-electron chi connectivity index (χ2n) is 7.19. The summed E-state index contributed by atoms with van der Waals surface area (Å²) in [4.78, 5) is 48.9. The lowest BCUT2D eigenvalue weighted by molar-refractivity contribution is 0.0317. The van der Waals surface area contributed by atoms with Gasteiger partial charge < -0.3 is 9.72 Å². The maximum Gasteiger partial charge on any atom is 0.338 e. The summed E-state index contributed by atoms with van der Waals surface area (Å²) in [5.74, 6) is -1.14. The van der Waals surface area contributed by atoms with E-state index in [-0.39, 0.29) is 11.5 Å². The summed E-state index contributed by atoms with van der Waals surface area (Å²) in [7, 11) is 0. The summed E-state index contributed by atoms with van der Waals surface area (Å²) in [6, 6.07) is 4.91. The predicted octanol–water partition coefficient (Wildman–Crippen LogP) is 3.82. The number of nitrogens with zero attached hydrogens (tertiary/aromatic N) is 2. The quantitative estimate of drug-likeness (QED) is 0.522. The Hall–Kier alpha value is -3.35. The van der Waals surface area contributed by atoms with Crippen molar-refractivity contribution in [3.63, 3.8) is 0 Å². The topological polar surface area (TPSA) is 102 Å². The first-order valence-electron chi connectivity index (χ1n) is 9.30. The van der Waals surface area contributed by atoms with E-state index in [9.17, 15) is 14.4 Å². The highest BCUT2D eigenvalue weighted by atomic mass is 16.5. The average molecular weight is 393 g/mol. The zero-order valence-electron chi connectivity index (χ0n) is 17.3.